The highest BCUT2D eigenvalue weighted by molar-refractivity contribution is 9.10. The first-order chi connectivity index (χ1) is 17.0. The van der Waals surface area contributed by atoms with Crippen molar-refractivity contribution in [2.75, 3.05) is 11.9 Å². The van der Waals surface area contributed by atoms with Crippen molar-refractivity contribution in [1.82, 2.24) is 9.66 Å². The maximum absolute atomic E-state index is 13.2. The molecule has 0 radical (unpaired) electrons. The lowest BCUT2D eigenvalue weighted by Crippen LogP contribution is -2.22. The van der Waals surface area contributed by atoms with E-state index < -0.39 is 0 Å². The minimum atomic E-state index is -0.267. The molecule has 1 aromatic heterocycles. The minimum absolute atomic E-state index is 0.161. The number of para-hydroxylation sites is 2. The lowest BCUT2D eigenvalue weighted by molar-refractivity contribution is -0.118. The van der Waals surface area contributed by atoms with Crippen molar-refractivity contribution >= 4 is 44.6 Å². The van der Waals surface area contributed by atoms with Crippen molar-refractivity contribution in [2.45, 2.75) is 26.7 Å². The van der Waals surface area contributed by atoms with E-state index in [0.717, 1.165) is 22.1 Å². The average Bonchev–Trinajstić information content (AvgIpc) is 2.85. The Bertz CT molecular complexity index is 1460. The third kappa shape index (κ3) is 5.84. The summed E-state index contributed by atoms with van der Waals surface area (Å²) in [5, 5.41) is 7.80. The van der Waals surface area contributed by atoms with Crippen LogP contribution in [0.2, 0.25) is 0 Å². The Morgan fingerprint density at radius 2 is 1.91 bits per heavy atom. The number of halogens is 1. The van der Waals surface area contributed by atoms with Gasteiger partial charge in [-0.25, -0.2) is 4.98 Å². The van der Waals surface area contributed by atoms with Gasteiger partial charge in [0.25, 0.3) is 11.5 Å². The van der Waals surface area contributed by atoms with Crippen molar-refractivity contribution < 1.29 is 9.53 Å². The van der Waals surface area contributed by atoms with E-state index in [1.54, 1.807) is 18.3 Å². The molecule has 0 saturated heterocycles. The number of hydrogen-bond acceptors (Lipinski definition) is 5. The zero-order valence-electron chi connectivity index (χ0n) is 19.5. The van der Waals surface area contributed by atoms with Crippen LogP contribution in [0, 0.1) is 6.92 Å². The van der Waals surface area contributed by atoms with Crippen molar-refractivity contribution in [2.24, 2.45) is 5.10 Å². The maximum Gasteiger partial charge on any atom is 0.282 e. The van der Waals surface area contributed by atoms with E-state index in [2.05, 4.69) is 31.3 Å². The summed E-state index contributed by atoms with van der Waals surface area (Å²) < 4.78 is 7.91. The number of nitrogens with one attached hydrogen (secondary N) is 1. The molecule has 1 heterocycles. The van der Waals surface area contributed by atoms with Gasteiger partial charge in [-0.15, -0.1) is 0 Å². The molecule has 3 aromatic carbocycles. The second-order valence-corrected chi connectivity index (χ2v) is 8.91. The quantitative estimate of drug-likeness (QED) is 0.311. The van der Waals surface area contributed by atoms with Gasteiger partial charge in [-0.2, -0.15) is 9.78 Å². The van der Waals surface area contributed by atoms with Gasteiger partial charge < -0.3 is 10.1 Å². The number of fused-ring (bicyclic) bond motifs is 1. The molecule has 7 nitrogen and oxygen atoms in total. The largest absolute Gasteiger partial charge is 0.483 e. The fourth-order valence-electron chi connectivity index (χ4n) is 3.58. The molecule has 0 saturated carbocycles. The highest BCUT2D eigenvalue weighted by Gasteiger charge is 2.11. The molecular formula is C27H25BrN4O3. The van der Waals surface area contributed by atoms with E-state index in [-0.39, 0.29) is 18.1 Å². The number of amides is 1. The van der Waals surface area contributed by atoms with Crippen LogP contribution in [-0.4, -0.2) is 28.4 Å². The van der Waals surface area contributed by atoms with Gasteiger partial charge in [-0.3, -0.25) is 9.59 Å². The Hall–Kier alpha value is -3.78. The number of benzene rings is 3. The van der Waals surface area contributed by atoms with E-state index in [4.69, 9.17) is 4.74 Å². The fourth-order valence-corrected chi connectivity index (χ4v) is 3.94. The first kappa shape index (κ1) is 24.3. The Labute approximate surface area is 211 Å². The summed E-state index contributed by atoms with van der Waals surface area (Å²) in [6.07, 6.45) is 2.98. The topological polar surface area (TPSA) is 85.6 Å². The first-order valence-electron chi connectivity index (χ1n) is 11.3. The Kier molecular flexibility index (Phi) is 7.72. The summed E-state index contributed by atoms with van der Waals surface area (Å²) in [6.45, 7) is 3.79. The molecular weight excluding hydrogens is 508 g/mol. The van der Waals surface area contributed by atoms with Crippen molar-refractivity contribution in [3.8, 4) is 5.75 Å². The van der Waals surface area contributed by atoms with Gasteiger partial charge in [-0.1, -0.05) is 53.2 Å². The first-order valence-corrected chi connectivity index (χ1v) is 12.1. The van der Waals surface area contributed by atoms with Gasteiger partial charge in [0.2, 0.25) is 0 Å². The molecule has 0 fully saturated rings. The fraction of sp³-hybridized carbons (Fsp3) is 0.185. The summed E-state index contributed by atoms with van der Waals surface area (Å²) in [7, 11) is 0. The number of aryl methyl sites for hydroxylation is 2. The van der Waals surface area contributed by atoms with Gasteiger partial charge in [0.05, 0.1) is 17.1 Å². The van der Waals surface area contributed by atoms with Gasteiger partial charge in [-0.05, 0) is 55.3 Å². The Balaban J connectivity index is 1.58. The van der Waals surface area contributed by atoms with E-state index in [1.807, 2.05) is 68.4 Å². The van der Waals surface area contributed by atoms with Crippen LogP contribution in [-0.2, 0) is 11.2 Å². The van der Waals surface area contributed by atoms with Gasteiger partial charge in [0, 0.05) is 22.1 Å². The second kappa shape index (κ2) is 11.1. The smallest absolute Gasteiger partial charge is 0.282 e. The van der Waals surface area contributed by atoms with E-state index in [9.17, 15) is 9.59 Å². The van der Waals surface area contributed by atoms with Gasteiger partial charge >= 0.3 is 0 Å². The van der Waals surface area contributed by atoms with Crippen LogP contribution in [0.3, 0.4) is 0 Å². The van der Waals surface area contributed by atoms with Crippen molar-refractivity contribution in [3.63, 3.8) is 0 Å². The van der Waals surface area contributed by atoms with Gasteiger partial charge in [0.15, 0.2) is 6.61 Å². The maximum atomic E-state index is 13.2. The number of carbonyl (C=O) groups is 1. The molecule has 0 aliphatic carbocycles. The SMILES string of the molecule is CCCc1nc2ccc(Br)cc2c(=O)n1N=Cc1ccccc1OCC(=O)Nc1ccccc1C. The molecule has 1 amide bonds. The molecule has 0 spiro atoms. The summed E-state index contributed by atoms with van der Waals surface area (Å²) in [4.78, 5) is 30.3. The zero-order chi connectivity index (χ0) is 24.8. The molecule has 0 unspecified atom stereocenters. The van der Waals surface area contributed by atoms with E-state index >= 15 is 0 Å². The van der Waals surface area contributed by atoms with Crippen LogP contribution in [0.15, 0.2) is 81.1 Å². The summed E-state index contributed by atoms with van der Waals surface area (Å²) in [5.74, 6) is 0.800. The van der Waals surface area contributed by atoms with Crippen LogP contribution in [0.5, 0.6) is 5.75 Å². The molecule has 1 N–H and O–H groups in total. The molecule has 0 atom stereocenters. The molecule has 8 heteroatoms. The van der Waals surface area contributed by atoms with E-state index in [0.29, 0.717) is 34.5 Å². The highest BCUT2D eigenvalue weighted by Crippen LogP contribution is 2.19. The van der Waals surface area contributed by atoms with Gasteiger partial charge in [0.1, 0.15) is 11.6 Å². The molecule has 4 rings (SSSR count). The third-order valence-electron chi connectivity index (χ3n) is 5.36. The van der Waals surface area contributed by atoms with Crippen LogP contribution >= 0.6 is 15.9 Å². The predicted molar refractivity (Wildman–Crippen MR) is 142 cm³/mol. The number of nitrogens with zero attached hydrogens (tertiary/aromatic N) is 3. The summed E-state index contributed by atoms with van der Waals surface area (Å²) in [5.41, 5.74) is 2.75. The highest BCUT2D eigenvalue weighted by atomic mass is 79.9. The molecule has 35 heavy (non-hydrogen) atoms. The molecule has 178 valence electrons. The van der Waals surface area contributed by atoms with Crippen LogP contribution < -0.4 is 15.6 Å². The molecule has 4 aromatic rings. The summed E-state index contributed by atoms with van der Waals surface area (Å²) in [6, 6.07) is 20.2. The monoisotopic (exact) mass is 532 g/mol. The number of carbonyl (C=O) groups excluding carboxylic acids is 1. The molecule has 0 aliphatic rings. The van der Waals surface area contributed by atoms with Crippen molar-refractivity contribution in [1.29, 1.82) is 0 Å². The predicted octanol–water partition coefficient (Wildman–Crippen LogP) is 5.32. The van der Waals surface area contributed by atoms with Crippen molar-refractivity contribution in [3.05, 3.63) is 98.5 Å². The lowest BCUT2D eigenvalue weighted by Gasteiger charge is -2.11. The second-order valence-electron chi connectivity index (χ2n) is 7.99. The normalized spacial score (nSPS) is 11.2. The standard InChI is InChI=1S/C27H25BrN4O3/c1-3-8-25-30-23-14-13-20(28)15-21(23)27(34)32(25)29-16-19-10-5-7-12-24(19)35-17-26(33)31-22-11-6-4-9-18(22)2/h4-7,9-16H,3,8,17H2,1-2H3,(H,31,33). The molecule has 0 bridgehead atoms. The minimum Gasteiger partial charge on any atom is -0.483 e. The van der Waals surface area contributed by atoms with Crippen LogP contribution in [0.1, 0.15) is 30.3 Å². The Morgan fingerprint density at radius 1 is 1.14 bits per heavy atom. The number of aromatic nitrogens is 2. The van der Waals surface area contributed by atoms with Crippen LogP contribution in [0.4, 0.5) is 5.69 Å². The number of rotatable bonds is 8. The number of anilines is 1. The molecule has 0 aliphatic heterocycles. The Morgan fingerprint density at radius 3 is 2.71 bits per heavy atom. The van der Waals surface area contributed by atoms with E-state index in [1.165, 1.54) is 4.68 Å². The number of ether oxygens (including phenoxy) is 1. The summed E-state index contributed by atoms with van der Waals surface area (Å²) >= 11 is 3.42. The van der Waals surface area contributed by atoms with Crippen LogP contribution in [0.25, 0.3) is 10.9 Å². The zero-order valence-corrected chi connectivity index (χ0v) is 21.1. The third-order valence-corrected chi connectivity index (χ3v) is 5.85. The average molecular weight is 533 g/mol. The lowest BCUT2D eigenvalue weighted by atomic mass is 10.2. The number of hydrogen-bond donors (Lipinski definition) is 1.